The summed E-state index contributed by atoms with van der Waals surface area (Å²) in [4.78, 5) is 6.82. The molecule has 3 aromatic rings. The fourth-order valence-electron chi connectivity index (χ4n) is 4.39. The Morgan fingerprint density at radius 2 is 1.62 bits per heavy atom. The molecule has 202 valence electrons. The molecular weight excluding hydrogens is 544 g/mol. The number of imidazole rings is 1. The number of anilines is 1. The first-order valence-electron chi connectivity index (χ1n) is 11.4. The van der Waals surface area contributed by atoms with Gasteiger partial charge in [-0.25, -0.2) is 14.4 Å². The largest absolute Gasteiger partial charge is 0.496 e. The second kappa shape index (κ2) is 10.6. The maximum Gasteiger partial charge on any atom is 0.293 e. The number of halogens is 1. The Morgan fingerprint density at radius 3 is 2.19 bits per heavy atom. The van der Waals surface area contributed by atoms with E-state index in [1.807, 2.05) is 28.9 Å². The molecule has 1 aromatic carbocycles. The van der Waals surface area contributed by atoms with Gasteiger partial charge in [0, 0.05) is 69.0 Å². The standard InChI is InChI=1S/C22H29ClN6O6S2/c1-24-36(30,31)29(37(32,33)25-2)15-5-8-27(9-6-15)16-7-10-28-14-19(26-22(28)11-16)17-12-18(23)21(35-4)13-20(17)34-3/h7,10-15,24-25H,5-6,8-9H2,1-4H3. The van der Waals surface area contributed by atoms with E-state index in [1.54, 1.807) is 19.2 Å². The van der Waals surface area contributed by atoms with Gasteiger partial charge < -0.3 is 18.8 Å². The third-order valence-electron chi connectivity index (χ3n) is 6.31. The Kier molecular flexibility index (Phi) is 7.88. The van der Waals surface area contributed by atoms with Gasteiger partial charge in [0.1, 0.15) is 17.1 Å². The van der Waals surface area contributed by atoms with Gasteiger partial charge in [-0.05, 0) is 25.0 Å². The Morgan fingerprint density at radius 1 is 1.00 bits per heavy atom. The van der Waals surface area contributed by atoms with Gasteiger partial charge in [0.25, 0.3) is 20.4 Å². The highest BCUT2D eigenvalue weighted by Gasteiger charge is 2.40. The van der Waals surface area contributed by atoms with Gasteiger partial charge in [-0.3, -0.25) is 0 Å². The molecular formula is C22H29ClN6O6S2. The number of fused-ring (bicyclic) bond motifs is 1. The predicted octanol–water partition coefficient (Wildman–Crippen LogP) is 1.87. The summed E-state index contributed by atoms with van der Waals surface area (Å²) in [7, 11) is -2.94. The lowest BCUT2D eigenvalue weighted by molar-refractivity contribution is 0.354. The molecule has 0 saturated carbocycles. The van der Waals surface area contributed by atoms with Crippen molar-refractivity contribution < 1.29 is 26.3 Å². The highest BCUT2D eigenvalue weighted by molar-refractivity contribution is 8.02. The molecule has 37 heavy (non-hydrogen) atoms. The number of hydrogen-bond donors (Lipinski definition) is 2. The van der Waals surface area contributed by atoms with Crippen LogP contribution >= 0.6 is 11.6 Å². The van der Waals surface area contributed by atoms with Gasteiger partial charge in [-0.15, -0.1) is 0 Å². The average Bonchev–Trinajstić information content (AvgIpc) is 3.32. The molecule has 0 bridgehead atoms. The fourth-order valence-corrected chi connectivity index (χ4v) is 7.68. The maximum absolute atomic E-state index is 12.5. The number of methoxy groups -OCH3 is 2. The number of aromatic nitrogens is 2. The van der Waals surface area contributed by atoms with Crippen LogP contribution in [-0.2, 0) is 20.4 Å². The van der Waals surface area contributed by atoms with E-state index < -0.39 is 26.5 Å². The number of pyridine rings is 1. The van der Waals surface area contributed by atoms with Crippen LogP contribution in [0.2, 0.25) is 5.02 Å². The Hall–Kier alpha value is -2.62. The van der Waals surface area contributed by atoms with Crippen LogP contribution in [0.5, 0.6) is 11.5 Å². The van der Waals surface area contributed by atoms with Crippen molar-refractivity contribution in [3.63, 3.8) is 0 Å². The Balaban J connectivity index is 1.58. The molecule has 0 amide bonds. The lowest BCUT2D eigenvalue weighted by Crippen LogP contribution is -2.55. The summed E-state index contributed by atoms with van der Waals surface area (Å²) in [6, 6.07) is 6.61. The lowest BCUT2D eigenvalue weighted by Gasteiger charge is -2.37. The molecule has 1 saturated heterocycles. The summed E-state index contributed by atoms with van der Waals surface area (Å²) in [5, 5.41) is 0.438. The predicted molar refractivity (Wildman–Crippen MR) is 142 cm³/mol. The Bertz CT molecular complexity index is 1470. The summed E-state index contributed by atoms with van der Waals surface area (Å²) in [5.41, 5.74) is 2.97. The van der Waals surface area contributed by atoms with Gasteiger partial charge in [0.05, 0.1) is 24.9 Å². The molecule has 0 unspecified atom stereocenters. The number of nitrogens with zero attached hydrogens (tertiary/aromatic N) is 4. The number of rotatable bonds is 9. The van der Waals surface area contributed by atoms with E-state index in [1.165, 1.54) is 21.2 Å². The van der Waals surface area contributed by atoms with Gasteiger partial charge in [-0.2, -0.15) is 16.8 Å². The molecule has 2 N–H and O–H groups in total. The molecule has 1 fully saturated rings. The second-order valence-corrected chi connectivity index (χ2v) is 12.5. The number of piperidine rings is 1. The van der Waals surface area contributed by atoms with Crippen LogP contribution in [-0.4, -0.2) is 77.4 Å². The summed E-state index contributed by atoms with van der Waals surface area (Å²) >= 11 is 6.33. The third-order valence-corrected chi connectivity index (χ3v) is 10.4. The zero-order valence-electron chi connectivity index (χ0n) is 20.8. The third kappa shape index (κ3) is 5.35. The number of ether oxygens (including phenoxy) is 2. The second-order valence-electron chi connectivity index (χ2n) is 8.33. The number of nitrogens with one attached hydrogen (secondary N) is 2. The van der Waals surface area contributed by atoms with Crippen LogP contribution in [0, 0.1) is 0 Å². The molecule has 0 aliphatic carbocycles. The van der Waals surface area contributed by atoms with E-state index in [0.717, 1.165) is 11.3 Å². The van der Waals surface area contributed by atoms with Gasteiger partial charge in [0.15, 0.2) is 0 Å². The van der Waals surface area contributed by atoms with E-state index >= 15 is 0 Å². The van der Waals surface area contributed by atoms with Crippen LogP contribution in [0.1, 0.15) is 12.8 Å². The normalized spacial score (nSPS) is 15.5. The summed E-state index contributed by atoms with van der Waals surface area (Å²) in [6.45, 7) is 0.927. The quantitative estimate of drug-likeness (QED) is 0.397. The molecule has 12 nitrogen and oxygen atoms in total. The molecule has 2 aromatic heterocycles. The van der Waals surface area contributed by atoms with Crippen molar-refractivity contribution >= 4 is 43.4 Å². The minimum atomic E-state index is -4.20. The molecule has 4 rings (SSSR count). The summed E-state index contributed by atoms with van der Waals surface area (Å²) in [6.07, 6.45) is 4.41. The smallest absolute Gasteiger partial charge is 0.293 e. The van der Waals surface area contributed by atoms with Crippen molar-refractivity contribution in [3.8, 4) is 22.8 Å². The van der Waals surface area contributed by atoms with E-state index in [0.29, 0.717) is 57.5 Å². The minimum Gasteiger partial charge on any atom is -0.496 e. The first-order chi connectivity index (χ1) is 17.5. The van der Waals surface area contributed by atoms with Gasteiger partial charge in [0.2, 0.25) is 0 Å². The number of benzene rings is 1. The zero-order chi connectivity index (χ0) is 27.0. The van der Waals surface area contributed by atoms with Crippen LogP contribution in [0.3, 0.4) is 0 Å². The van der Waals surface area contributed by atoms with E-state index in [4.69, 9.17) is 26.1 Å². The highest BCUT2D eigenvalue weighted by atomic mass is 35.5. The molecule has 3 heterocycles. The van der Waals surface area contributed by atoms with Crippen LogP contribution < -0.4 is 23.8 Å². The van der Waals surface area contributed by atoms with Crippen LogP contribution in [0.4, 0.5) is 5.69 Å². The monoisotopic (exact) mass is 572 g/mol. The molecule has 0 radical (unpaired) electrons. The summed E-state index contributed by atoms with van der Waals surface area (Å²) in [5.74, 6) is 1.07. The van der Waals surface area contributed by atoms with Crippen molar-refractivity contribution in [2.24, 2.45) is 0 Å². The van der Waals surface area contributed by atoms with Gasteiger partial charge in [-0.1, -0.05) is 15.3 Å². The SMILES string of the molecule is CNS(=O)(=O)N(C1CCN(c2ccn3cc(-c4cc(Cl)c(OC)cc4OC)nc3c2)CC1)S(=O)(=O)NC. The first kappa shape index (κ1) is 27.4. The maximum atomic E-state index is 12.5. The van der Waals surface area contributed by atoms with Gasteiger partial charge >= 0.3 is 0 Å². The van der Waals surface area contributed by atoms with Crippen molar-refractivity contribution in [3.05, 3.63) is 41.7 Å². The molecule has 15 heteroatoms. The summed E-state index contributed by atoms with van der Waals surface area (Å²) < 4.78 is 67.3. The van der Waals surface area contributed by atoms with Crippen LogP contribution in [0.25, 0.3) is 16.9 Å². The number of hydrogen-bond acceptors (Lipinski definition) is 8. The van der Waals surface area contributed by atoms with Crippen molar-refractivity contribution in [2.75, 3.05) is 46.3 Å². The molecule has 0 atom stereocenters. The molecule has 1 aliphatic rings. The lowest BCUT2D eigenvalue weighted by atomic mass is 10.1. The highest BCUT2D eigenvalue weighted by Crippen LogP contribution is 2.38. The Labute approximate surface area is 221 Å². The topological polar surface area (TPSA) is 135 Å². The van der Waals surface area contributed by atoms with Crippen molar-refractivity contribution in [1.82, 2.24) is 22.5 Å². The molecule has 0 spiro atoms. The minimum absolute atomic E-state index is 0.328. The van der Waals surface area contributed by atoms with E-state index in [2.05, 4.69) is 14.3 Å². The fraction of sp³-hybridized carbons (Fsp3) is 0.409. The van der Waals surface area contributed by atoms with E-state index in [9.17, 15) is 16.8 Å². The zero-order valence-corrected chi connectivity index (χ0v) is 23.2. The molecule has 1 aliphatic heterocycles. The average molecular weight is 573 g/mol. The first-order valence-corrected chi connectivity index (χ1v) is 14.6. The van der Waals surface area contributed by atoms with E-state index in [-0.39, 0.29) is 0 Å². The van der Waals surface area contributed by atoms with Crippen molar-refractivity contribution in [2.45, 2.75) is 18.9 Å². The van der Waals surface area contributed by atoms with Crippen LogP contribution in [0.15, 0.2) is 36.7 Å². The van der Waals surface area contributed by atoms with Crippen molar-refractivity contribution in [1.29, 1.82) is 0 Å².